The SMILES string of the molecule is COc1ccc(CN[C@@H]2CO[C@H](CNS(=O)(=O)c3ccccc3)[C@H]2O)cc1. The van der Waals surface area contributed by atoms with Crippen molar-refractivity contribution in [2.24, 2.45) is 0 Å². The number of aliphatic hydroxyl groups excluding tert-OH is 1. The van der Waals surface area contributed by atoms with Crippen LogP contribution in [0.1, 0.15) is 5.56 Å². The lowest BCUT2D eigenvalue weighted by Crippen LogP contribution is -2.44. The van der Waals surface area contributed by atoms with Crippen LogP contribution in [0.3, 0.4) is 0 Å². The van der Waals surface area contributed by atoms with E-state index in [0.29, 0.717) is 13.2 Å². The number of methoxy groups -OCH3 is 1. The monoisotopic (exact) mass is 392 g/mol. The number of nitrogens with one attached hydrogen (secondary N) is 2. The van der Waals surface area contributed by atoms with Gasteiger partial charge in [-0.3, -0.25) is 0 Å². The van der Waals surface area contributed by atoms with E-state index in [0.717, 1.165) is 11.3 Å². The van der Waals surface area contributed by atoms with Crippen LogP contribution in [0.15, 0.2) is 59.5 Å². The molecular formula is C19H24N2O5S. The number of hydrogen-bond acceptors (Lipinski definition) is 6. The van der Waals surface area contributed by atoms with Gasteiger partial charge in [0.15, 0.2) is 0 Å². The normalized spacial score (nSPS) is 22.7. The minimum atomic E-state index is -3.62. The summed E-state index contributed by atoms with van der Waals surface area (Å²) < 4.78 is 37.7. The van der Waals surface area contributed by atoms with Crippen molar-refractivity contribution in [1.29, 1.82) is 0 Å². The van der Waals surface area contributed by atoms with Crippen molar-refractivity contribution in [2.45, 2.75) is 29.7 Å². The summed E-state index contributed by atoms with van der Waals surface area (Å²) in [5.74, 6) is 0.786. The molecule has 3 atom stereocenters. The smallest absolute Gasteiger partial charge is 0.240 e. The first-order valence-electron chi connectivity index (χ1n) is 8.70. The molecule has 1 aliphatic rings. The highest BCUT2D eigenvalue weighted by molar-refractivity contribution is 7.89. The lowest BCUT2D eigenvalue weighted by Gasteiger charge is -2.19. The lowest BCUT2D eigenvalue weighted by molar-refractivity contribution is 0.0443. The van der Waals surface area contributed by atoms with Gasteiger partial charge in [0, 0.05) is 13.1 Å². The number of aliphatic hydroxyl groups is 1. The van der Waals surface area contributed by atoms with Gasteiger partial charge in [-0.05, 0) is 29.8 Å². The van der Waals surface area contributed by atoms with Crippen molar-refractivity contribution >= 4 is 10.0 Å². The Hall–Kier alpha value is -1.97. The Morgan fingerprint density at radius 3 is 2.52 bits per heavy atom. The van der Waals surface area contributed by atoms with Crippen LogP contribution in [0.25, 0.3) is 0 Å². The Labute approximate surface area is 159 Å². The summed E-state index contributed by atoms with van der Waals surface area (Å²) in [5, 5.41) is 13.7. The molecule has 0 bridgehead atoms. The van der Waals surface area contributed by atoms with Crippen molar-refractivity contribution in [3.63, 3.8) is 0 Å². The van der Waals surface area contributed by atoms with E-state index in [9.17, 15) is 13.5 Å². The van der Waals surface area contributed by atoms with Gasteiger partial charge in [0.2, 0.25) is 10.0 Å². The summed E-state index contributed by atoms with van der Waals surface area (Å²) in [4.78, 5) is 0.187. The van der Waals surface area contributed by atoms with Gasteiger partial charge >= 0.3 is 0 Å². The zero-order valence-corrected chi connectivity index (χ0v) is 15.9. The van der Waals surface area contributed by atoms with Gasteiger partial charge in [-0.25, -0.2) is 13.1 Å². The highest BCUT2D eigenvalue weighted by Gasteiger charge is 2.36. The van der Waals surface area contributed by atoms with Crippen LogP contribution in [0.2, 0.25) is 0 Å². The lowest BCUT2D eigenvalue weighted by atomic mass is 10.1. The Morgan fingerprint density at radius 2 is 1.85 bits per heavy atom. The number of hydrogen-bond donors (Lipinski definition) is 3. The molecule has 8 heteroatoms. The van der Waals surface area contributed by atoms with E-state index in [-0.39, 0.29) is 17.5 Å². The Kier molecular flexibility index (Phi) is 6.46. The second kappa shape index (κ2) is 8.81. The standard InChI is InChI=1S/C19H24N2O5S/c1-25-15-9-7-14(8-10-15)11-20-17-13-26-18(19(17)22)12-21-27(23,24)16-5-3-2-4-6-16/h2-10,17-22H,11-13H2,1H3/t17-,18-,19+/m1/s1. The van der Waals surface area contributed by atoms with Crippen LogP contribution in [0, 0.1) is 0 Å². The third kappa shape index (κ3) is 5.06. The number of benzene rings is 2. The van der Waals surface area contributed by atoms with Crippen LogP contribution < -0.4 is 14.8 Å². The fraction of sp³-hybridized carbons (Fsp3) is 0.368. The first kappa shape index (κ1) is 19.8. The number of ether oxygens (including phenoxy) is 2. The highest BCUT2D eigenvalue weighted by Crippen LogP contribution is 2.17. The number of rotatable bonds is 8. The molecule has 27 heavy (non-hydrogen) atoms. The molecule has 0 unspecified atom stereocenters. The maximum atomic E-state index is 12.3. The van der Waals surface area contributed by atoms with Crippen LogP contribution in [0.5, 0.6) is 5.75 Å². The van der Waals surface area contributed by atoms with Crippen LogP contribution in [0.4, 0.5) is 0 Å². The summed E-state index contributed by atoms with van der Waals surface area (Å²) in [6, 6.07) is 15.5. The van der Waals surface area contributed by atoms with Crippen molar-refractivity contribution < 1.29 is 23.0 Å². The fourth-order valence-electron chi connectivity index (χ4n) is 2.91. The van der Waals surface area contributed by atoms with Crippen molar-refractivity contribution in [2.75, 3.05) is 20.3 Å². The predicted octanol–water partition coefficient (Wildman–Crippen LogP) is 0.892. The summed E-state index contributed by atoms with van der Waals surface area (Å²) >= 11 is 0. The molecule has 1 heterocycles. The van der Waals surface area contributed by atoms with Gasteiger partial charge in [-0.2, -0.15) is 0 Å². The van der Waals surface area contributed by atoms with E-state index in [1.165, 1.54) is 12.1 Å². The third-order valence-electron chi connectivity index (χ3n) is 4.54. The zero-order valence-electron chi connectivity index (χ0n) is 15.0. The average molecular weight is 392 g/mol. The molecule has 0 spiro atoms. The predicted molar refractivity (Wildman–Crippen MR) is 101 cm³/mol. The molecule has 0 radical (unpaired) electrons. The second-order valence-corrected chi connectivity index (χ2v) is 8.13. The molecule has 0 saturated carbocycles. The van der Waals surface area contributed by atoms with Gasteiger partial charge in [-0.1, -0.05) is 30.3 Å². The van der Waals surface area contributed by atoms with Crippen LogP contribution in [-0.4, -0.2) is 52.0 Å². The van der Waals surface area contributed by atoms with Gasteiger partial charge in [0.1, 0.15) is 5.75 Å². The molecule has 2 aromatic rings. The molecule has 1 saturated heterocycles. The van der Waals surface area contributed by atoms with Crippen molar-refractivity contribution in [3.8, 4) is 5.75 Å². The summed E-state index contributed by atoms with van der Waals surface area (Å²) in [6.07, 6.45) is -1.40. The van der Waals surface area contributed by atoms with E-state index in [2.05, 4.69) is 10.0 Å². The molecule has 0 amide bonds. The summed E-state index contributed by atoms with van der Waals surface area (Å²) in [5.41, 5.74) is 1.05. The Bertz CT molecular complexity index is 827. The molecule has 0 aliphatic carbocycles. The summed E-state index contributed by atoms with van der Waals surface area (Å²) in [6.45, 7) is 0.895. The average Bonchev–Trinajstić information content (AvgIpc) is 3.05. The molecule has 1 aliphatic heterocycles. The highest BCUT2D eigenvalue weighted by atomic mass is 32.2. The van der Waals surface area contributed by atoms with Gasteiger partial charge in [0.05, 0.1) is 36.9 Å². The Morgan fingerprint density at radius 1 is 1.15 bits per heavy atom. The molecule has 2 aromatic carbocycles. The maximum Gasteiger partial charge on any atom is 0.240 e. The van der Waals surface area contributed by atoms with Gasteiger partial charge in [0.25, 0.3) is 0 Å². The van der Waals surface area contributed by atoms with Crippen LogP contribution >= 0.6 is 0 Å². The van der Waals surface area contributed by atoms with E-state index in [1.807, 2.05) is 24.3 Å². The third-order valence-corrected chi connectivity index (χ3v) is 5.98. The summed E-state index contributed by atoms with van der Waals surface area (Å²) in [7, 11) is -2.01. The minimum Gasteiger partial charge on any atom is -0.497 e. The first-order chi connectivity index (χ1) is 13.0. The van der Waals surface area contributed by atoms with Crippen molar-refractivity contribution in [3.05, 3.63) is 60.2 Å². The van der Waals surface area contributed by atoms with E-state index < -0.39 is 22.2 Å². The molecule has 0 aromatic heterocycles. The zero-order chi connectivity index (χ0) is 19.3. The topological polar surface area (TPSA) is 96.9 Å². The molecule has 7 nitrogen and oxygen atoms in total. The van der Waals surface area contributed by atoms with Crippen LogP contribution in [-0.2, 0) is 21.3 Å². The molecule has 3 rings (SSSR count). The fourth-order valence-corrected chi connectivity index (χ4v) is 3.98. The quantitative estimate of drug-likeness (QED) is 0.617. The maximum absolute atomic E-state index is 12.3. The minimum absolute atomic E-state index is 0.0130. The second-order valence-electron chi connectivity index (χ2n) is 6.36. The molecule has 1 fully saturated rings. The van der Waals surface area contributed by atoms with Gasteiger partial charge < -0.3 is 19.9 Å². The van der Waals surface area contributed by atoms with Gasteiger partial charge in [-0.15, -0.1) is 0 Å². The van der Waals surface area contributed by atoms with E-state index in [4.69, 9.17) is 9.47 Å². The number of sulfonamides is 1. The first-order valence-corrected chi connectivity index (χ1v) is 10.2. The largest absolute Gasteiger partial charge is 0.497 e. The van der Waals surface area contributed by atoms with E-state index >= 15 is 0 Å². The molecule has 3 N–H and O–H groups in total. The Balaban J connectivity index is 1.50. The van der Waals surface area contributed by atoms with E-state index in [1.54, 1.807) is 25.3 Å². The van der Waals surface area contributed by atoms with Crippen molar-refractivity contribution in [1.82, 2.24) is 10.0 Å². The molecule has 146 valence electrons. The molecular weight excluding hydrogens is 368 g/mol.